The fraction of sp³-hybridized carbons (Fsp3) is 0.273. The zero-order valence-corrected chi connectivity index (χ0v) is 6.94. The van der Waals surface area contributed by atoms with Gasteiger partial charge in [-0.05, 0) is 18.1 Å². The molecule has 0 N–H and O–H groups in total. The highest BCUT2D eigenvalue weighted by Gasteiger charge is 2.09. The van der Waals surface area contributed by atoms with E-state index in [2.05, 4.69) is 30.3 Å². The van der Waals surface area contributed by atoms with Crippen molar-refractivity contribution in [2.45, 2.75) is 12.3 Å². The van der Waals surface area contributed by atoms with Gasteiger partial charge in [0.2, 0.25) is 0 Å². The molecule has 0 fully saturated rings. The van der Waals surface area contributed by atoms with Gasteiger partial charge in [-0.1, -0.05) is 30.3 Å². The molecule has 12 heavy (non-hydrogen) atoms. The molecule has 2 rings (SSSR count). The standard InChI is InChI=1S/C11H12O/c1-2-4-10(5-3-1)11-6-8-12-9-7-11/h1-6,8,11H,7,9H2. The Balaban J connectivity index is 2.19. The summed E-state index contributed by atoms with van der Waals surface area (Å²) in [5, 5.41) is 0. The van der Waals surface area contributed by atoms with Crippen LogP contribution in [-0.2, 0) is 4.74 Å². The van der Waals surface area contributed by atoms with Crippen LogP contribution < -0.4 is 0 Å². The number of allylic oxidation sites excluding steroid dienone is 1. The van der Waals surface area contributed by atoms with E-state index in [1.54, 1.807) is 6.26 Å². The molecular formula is C11H12O. The third kappa shape index (κ3) is 1.50. The Labute approximate surface area is 72.7 Å². The zero-order chi connectivity index (χ0) is 8.23. The number of benzene rings is 1. The van der Waals surface area contributed by atoms with Crippen LogP contribution in [0, 0.1) is 0 Å². The molecule has 0 aliphatic carbocycles. The Morgan fingerprint density at radius 1 is 1.17 bits per heavy atom. The molecule has 62 valence electrons. The largest absolute Gasteiger partial charge is 0.501 e. The van der Waals surface area contributed by atoms with Gasteiger partial charge in [-0.2, -0.15) is 0 Å². The van der Waals surface area contributed by atoms with Crippen LogP contribution in [0.1, 0.15) is 17.9 Å². The first-order chi connectivity index (χ1) is 5.97. The highest BCUT2D eigenvalue weighted by molar-refractivity contribution is 5.23. The first-order valence-corrected chi connectivity index (χ1v) is 4.30. The fourth-order valence-electron chi connectivity index (χ4n) is 1.49. The lowest BCUT2D eigenvalue weighted by Gasteiger charge is -2.16. The maximum Gasteiger partial charge on any atom is 0.0882 e. The van der Waals surface area contributed by atoms with E-state index < -0.39 is 0 Å². The average Bonchev–Trinajstić information content (AvgIpc) is 2.21. The Hall–Kier alpha value is -1.24. The summed E-state index contributed by atoms with van der Waals surface area (Å²) in [6.45, 7) is 0.843. The Bertz CT molecular complexity index is 264. The van der Waals surface area contributed by atoms with Gasteiger partial charge in [0.1, 0.15) is 0 Å². The second-order valence-electron chi connectivity index (χ2n) is 3.01. The summed E-state index contributed by atoms with van der Waals surface area (Å²) < 4.78 is 5.14. The summed E-state index contributed by atoms with van der Waals surface area (Å²) in [6.07, 6.45) is 5.03. The maximum atomic E-state index is 5.14. The number of hydrogen-bond acceptors (Lipinski definition) is 1. The van der Waals surface area contributed by atoms with Gasteiger partial charge in [0.15, 0.2) is 0 Å². The van der Waals surface area contributed by atoms with Crippen molar-refractivity contribution in [3.63, 3.8) is 0 Å². The summed E-state index contributed by atoms with van der Waals surface area (Å²) in [5.74, 6) is 0.556. The van der Waals surface area contributed by atoms with Crippen molar-refractivity contribution < 1.29 is 4.74 Å². The lowest BCUT2D eigenvalue weighted by Crippen LogP contribution is -2.04. The smallest absolute Gasteiger partial charge is 0.0882 e. The summed E-state index contributed by atoms with van der Waals surface area (Å²) >= 11 is 0. The summed E-state index contributed by atoms with van der Waals surface area (Å²) in [4.78, 5) is 0. The minimum Gasteiger partial charge on any atom is -0.501 e. The molecule has 1 unspecified atom stereocenters. The minimum absolute atomic E-state index is 0.556. The first-order valence-electron chi connectivity index (χ1n) is 4.30. The fourth-order valence-corrected chi connectivity index (χ4v) is 1.49. The number of hydrogen-bond donors (Lipinski definition) is 0. The molecule has 1 heteroatoms. The normalized spacial score (nSPS) is 21.8. The predicted octanol–water partition coefficient (Wildman–Crippen LogP) is 2.70. The third-order valence-corrected chi connectivity index (χ3v) is 2.18. The van der Waals surface area contributed by atoms with Gasteiger partial charge < -0.3 is 4.74 Å². The van der Waals surface area contributed by atoms with E-state index in [9.17, 15) is 0 Å². The molecule has 0 radical (unpaired) electrons. The Morgan fingerprint density at radius 2 is 2.00 bits per heavy atom. The van der Waals surface area contributed by atoms with E-state index >= 15 is 0 Å². The second-order valence-corrected chi connectivity index (χ2v) is 3.01. The average molecular weight is 160 g/mol. The van der Waals surface area contributed by atoms with E-state index in [1.165, 1.54) is 5.56 Å². The molecule has 1 heterocycles. The molecule has 1 aromatic rings. The van der Waals surface area contributed by atoms with Crippen LogP contribution in [-0.4, -0.2) is 6.61 Å². The summed E-state index contributed by atoms with van der Waals surface area (Å²) in [6, 6.07) is 10.5. The van der Waals surface area contributed by atoms with Crippen LogP contribution in [0.4, 0.5) is 0 Å². The predicted molar refractivity (Wildman–Crippen MR) is 48.9 cm³/mol. The Morgan fingerprint density at radius 3 is 2.67 bits per heavy atom. The molecule has 0 saturated carbocycles. The SMILES string of the molecule is C1=CC(c2ccccc2)CCO1. The van der Waals surface area contributed by atoms with Gasteiger partial charge in [-0.3, -0.25) is 0 Å². The summed E-state index contributed by atoms with van der Waals surface area (Å²) in [5.41, 5.74) is 1.39. The van der Waals surface area contributed by atoms with Gasteiger partial charge in [0, 0.05) is 5.92 Å². The lowest BCUT2D eigenvalue weighted by atomic mass is 9.95. The van der Waals surface area contributed by atoms with Crippen LogP contribution in [0.15, 0.2) is 42.7 Å². The van der Waals surface area contributed by atoms with Gasteiger partial charge >= 0.3 is 0 Å². The molecule has 0 saturated heterocycles. The van der Waals surface area contributed by atoms with E-state index in [1.807, 2.05) is 6.07 Å². The molecule has 0 amide bonds. The molecule has 1 aromatic carbocycles. The van der Waals surface area contributed by atoms with Crippen LogP contribution in [0.3, 0.4) is 0 Å². The van der Waals surface area contributed by atoms with Crippen molar-refractivity contribution in [1.29, 1.82) is 0 Å². The zero-order valence-electron chi connectivity index (χ0n) is 6.94. The minimum atomic E-state index is 0.556. The van der Waals surface area contributed by atoms with Gasteiger partial charge in [0.25, 0.3) is 0 Å². The second kappa shape index (κ2) is 3.44. The monoisotopic (exact) mass is 160 g/mol. The molecular weight excluding hydrogens is 148 g/mol. The van der Waals surface area contributed by atoms with E-state index in [0.29, 0.717) is 5.92 Å². The number of rotatable bonds is 1. The van der Waals surface area contributed by atoms with Crippen molar-refractivity contribution >= 4 is 0 Å². The van der Waals surface area contributed by atoms with Crippen molar-refractivity contribution in [3.05, 3.63) is 48.2 Å². The van der Waals surface area contributed by atoms with E-state index in [0.717, 1.165) is 13.0 Å². The number of ether oxygens (including phenoxy) is 1. The van der Waals surface area contributed by atoms with E-state index in [4.69, 9.17) is 4.74 Å². The van der Waals surface area contributed by atoms with Gasteiger partial charge in [0.05, 0.1) is 12.9 Å². The van der Waals surface area contributed by atoms with E-state index in [-0.39, 0.29) is 0 Å². The maximum absolute atomic E-state index is 5.14. The Kier molecular flexibility index (Phi) is 2.12. The molecule has 1 aliphatic heterocycles. The molecule has 1 aliphatic rings. The molecule has 0 bridgehead atoms. The van der Waals surface area contributed by atoms with Crippen molar-refractivity contribution in [1.82, 2.24) is 0 Å². The molecule has 1 atom stereocenters. The first kappa shape index (κ1) is 7.41. The van der Waals surface area contributed by atoms with Crippen LogP contribution in [0.25, 0.3) is 0 Å². The van der Waals surface area contributed by atoms with Crippen molar-refractivity contribution in [3.8, 4) is 0 Å². The topological polar surface area (TPSA) is 9.23 Å². The van der Waals surface area contributed by atoms with Crippen molar-refractivity contribution in [2.75, 3.05) is 6.61 Å². The van der Waals surface area contributed by atoms with Crippen LogP contribution >= 0.6 is 0 Å². The molecule has 0 aromatic heterocycles. The van der Waals surface area contributed by atoms with Crippen LogP contribution in [0.5, 0.6) is 0 Å². The third-order valence-electron chi connectivity index (χ3n) is 2.18. The van der Waals surface area contributed by atoms with Crippen molar-refractivity contribution in [2.24, 2.45) is 0 Å². The van der Waals surface area contributed by atoms with Crippen LogP contribution in [0.2, 0.25) is 0 Å². The highest BCUT2D eigenvalue weighted by atomic mass is 16.5. The lowest BCUT2D eigenvalue weighted by molar-refractivity contribution is 0.223. The van der Waals surface area contributed by atoms with Gasteiger partial charge in [-0.15, -0.1) is 0 Å². The quantitative estimate of drug-likeness (QED) is 0.613. The van der Waals surface area contributed by atoms with Gasteiger partial charge in [-0.25, -0.2) is 0 Å². The summed E-state index contributed by atoms with van der Waals surface area (Å²) in [7, 11) is 0. The molecule has 0 spiro atoms. The molecule has 1 nitrogen and oxygen atoms in total. The highest BCUT2D eigenvalue weighted by Crippen LogP contribution is 2.23.